The van der Waals surface area contributed by atoms with E-state index >= 15 is 0 Å². The number of halogens is 1. The van der Waals surface area contributed by atoms with Crippen LogP contribution in [-0.4, -0.2) is 31.7 Å². The number of benzene rings is 1. The molecule has 0 spiro atoms. The van der Waals surface area contributed by atoms with Crippen molar-refractivity contribution in [2.24, 2.45) is 11.8 Å². The van der Waals surface area contributed by atoms with E-state index in [0.717, 1.165) is 12.3 Å². The number of sulfone groups is 1. The summed E-state index contributed by atoms with van der Waals surface area (Å²) in [6.07, 6.45) is 0.988. The molecular formula is C14H18FNO5S. The molecule has 0 aliphatic rings. The van der Waals surface area contributed by atoms with Gasteiger partial charge in [-0.05, 0) is 18.1 Å². The Balaban J connectivity index is 2.94. The van der Waals surface area contributed by atoms with Gasteiger partial charge in [0.25, 0.3) is 0 Å². The molecular weight excluding hydrogens is 313 g/mol. The van der Waals surface area contributed by atoms with Crippen LogP contribution in [0.4, 0.5) is 10.1 Å². The molecule has 1 atom stereocenters. The van der Waals surface area contributed by atoms with Crippen molar-refractivity contribution in [2.75, 3.05) is 11.6 Å². The van der Waals surface area contributed by atoms with Crippen LogP contribution < -0.4 is 5.32 Å². The van der Waals surface area contributed by atoms with Gasteiger partial charge in [-0.3, -0.25) is 9.59 Å². The fourth-order valence-electron chi connectivity index (χ4n) is 1.94. The van der Waals surface area contributed by atoms with Crippen LogP contribution in [0, 0.1) is 17.7 Å². The zero-order valence-electron chi connectivity index (χ0n) is 12.5. The standard InChI is InChI=1S/C14H18FNO5S/c1-8(2)12(14(18)19)13(17)16-10-5-4-9(11(15)6-10)7-22(3,20)21/h4-6,8,12H,7H2,1-3H3,(H,16,17)(H,18,19). The van der Waals surface area contributed by atoms with Crippen molar-refractivity contribution in [3.63, 3.8) is 0 Å². The third kappa shape index (κ3) is 5.10. The van der Waals surface area contributed by atoms with Crippen LogP contribution in [0.2, 0.25) is 0 Å². The molecule has 22 heavy (non-hydrogen) atoms. The van der Waals surface area contributed by atoms with Crippen LogP contribution in [0.15, 0.2) is 18.2 Å². The van der Waals surface area contributed by atoms with E-state index in [9.17, 15) is 22.4 Å². The number of carboxylic acids is 1. The number of hydrogen-bond acceptors (Lipinski definition) is 4. The van der Waals surface area contributed by atoms with Gasteiger partial charge in [-0.25, -0.2) is 12.8 Å². The molecule has 2 N–H and O–H groups in total. The Bertz CT molecular complexity index is 684. The van der Waals surface area contributed by atoms with Gasteiger partial charge in [0.15, 0.2) is 9.84 Å². The molecule has 0 saturated heterocycles. The minimum atomic E-state index is -3.38. The molecule has 0 aliphatic heterocycles. The summed E-state index contributed by atoms with van der Waals surface area (Å²) in [5.41, 5.74) is 0.0609. The second-order valence-electron chi connectivity index (χ2n) is 5.43. The summed E-state index contributed by atoms with van der Waals surface area (Å²) >= 11 is 0. The van der Waals surface area contributed by atoms with E-state index in [0.29, 0.717) is 0 Å². The summed E-state index contributed by atoms with van der Waals surface area (Å²) in [6.45, 7) is 3.18. The first-order valence-electron chi connectivity index (χ1n) is 6.51. The van der Waals surface area contributed by atoms with Gasteiger partial charge in [0, 0.05) is 17.5 Å². The molecule has 6 nitrogen and oxygen atoms in total. The first-order chi connectivity index (χ1) is 10.0. The predicted molar refractivity (Wildman–Crippen MR) is 79.5 cm³/mol. The molecule has 0 aromatic heterocycles. The zero-order valence-corrected chi connectivity index (χ0v) is 13.3. The number of hydrogen-bond donors (Lipinski definition) is 2. The van der Waals surface area contributed by atoms with Crippen LogP contribution >= 0.6 is 0 Å². The maximum Gasteiger partial charge on any atom is 0.316 e. The van der Waals surface area contributed by atoms with Crippen molar-refractivity contribution in [2.45, 2.75) is 19.6 Å². The Morgan fingerprint density at radius 1 is 1.32 bits per heavy atom. The normalized spacial score (nSPS) is 13.0. The fourth-order valence-corrected chi connectivity index (χ4v) is 2.74. The number of rotatable bonds is 6. The minimum absolute atomic E-state index is 0.0147. The molecule has 122 valence electrons. The minimum Gasteiger partial charge on any atom is -0.481 e. The molecule has 1 unspecified atom stereocenters. The molecule has 8 heteroatoms. The van der Waals surface area contributed by atoms with Gasteiger partial charge >= 0.3 is 5.97 Å². The summed E-state index contributed by atoms with van der Waals surface area (Å²) in [7, 11) is -3.38. The lowest BCUT2D eigenvalue weighted by molar-refractivity contribution is -0.147. The zero-order chi connectivity index (χ0) is 17.1. The van der Waals surface area contributed by atoms with Crippen molar-refractivity contribution in [3.8, 4) is 0 Å². The average Bonchev–Trinajstić information content (AvgIpc) is 2.30. The Morgan fingerprint density at radius 2 is 1.91 bits per heavy atom. The van der Waals surface area contributed by atoms with Gasteiger partial charge in [-0.15, -0.1) is 0 Å². The second kappa shape index (κ2) is 6.87. The summed E-state index contributed by atoms with van der Waals surface area (Å²) in [6, 6.07) is 3.55. The van der Waals surface area contributed by atoms with Crippen LogP contribution in [0.25, 0.3) is 0 Å². The summed E-state index contributed by atoms with van der Waals surface area (Å²) in [4.78, 5) is 23.0. The number of aliphatic carboxylic acids is 1. The van der Waals surface area contributed by atoms with Gasteiger partial charge in [-0.1, -0.05) is 19.9 Å². The van der Waals surface area contributed by atoms with E-state index in [-0.39, 0.29) is 11.3 Å². The highest BCUT2D eigenvalue weighted by Crippen LogP contribution is 2.19. The lowest BCUT2D eigenvalue weighted by Crippen LogP contribution is -2.33. The first kappa shape index (κ1) is 18.1. The molecule has 0 radical (unpaired) electrons. The van der Waals surface area contributed by atoms with Crippen LogP contribution in [0.5, 0.6) is 0 Å². The molecule has 0 bridgehead atoms. The lowest BCUT2D eigenvalue weighted by Gasteiger charge is -2.16. The molecule has 1 rings (SSSR count). The van der Waals surface area contributed by atoms with E-state index in [1.807, 2.05) is 0 Å². The maximum absolute atomic E-state index is 13.8. The van der Waals surface area contributed by atoms with Crippen molar-refractivity contribution < 1.29 is 27.5 Å². The highest BCUT2D eigenvalue weighted by molar-refractivity contribution is 7.89. The SMILES string of the molecule is CC(C)C(C(=O)O)C(=O)Nc1ccc(CS(C)(=O)=O)c(F)c1. The van der Waals surface area contributed by atoms with Crippen LogP contribution in [-0.2, 0) is 25.2 Å². The molecule has 1 amide bonds. The third-order valence-electron chi connectivity index (χ3n) is 2.95. The molecule has 1 aromatic carbocycles. The van der Waals surface area contributed by atoms with E-state index < -0.39 is 45.1 Å². The van der Waals surface area contributed by atoms with Gasteiger partial charge in [0.1, 0.15) is 11.7 Å². The smallest absolute Gasteiger partial charge is 0.316 e. The number of carboxylic acid groups (broad SMARTS) is 1. The molecule has 1 aromatic rings. The Hall–Kier alpha value is -1.96. The highest BCUT2D eigenvalue weighted by atomic mass is 32.2. The van der Waals surface area contributed by atoms with Gasteiger partial charge in [0.05, 0.1) is 5.75 Å². The Labute approximate surface area is 128 Å². The summed E-state index contributed by atoms with van der Waals surface area (Å²) < 4.78 is 36.1. The quantitative estimate of drug-likeness (QED) is 0.772. The number of carbonyl (C=O) groups excluding carboxylic acids is 1. The number of carbonyl (C=O) groups is 2. The Kier molecular flexibility index (Phi) is 5.65. The van der Waals surface area contributed by atoms with Crippen LogP contribution in [0.3, 0.4) is 0 Å². The van der Waals surface area contributed by atoms with Crippen LogP contribution in [0.1, 0.15) is 19.4 Å². The lowest BCUT2D eigenvalue weighted by atomic mass is 9.95. The maximum atomic E-state index is 13.8. The van der Waals surface area contributed by atoms with E-state index in [2.05, 4.69) is 5.32 Å². The number of amides is 1. The van der Waals surface area contributed by atoms with E-state index in [4.69, 9.17) is 5.11 Å². The van der Waals surface area contributed by atoms with Gasteiger partial charge in [0.2, 0.25) is 5.91 Å². The van der Waals surface area contributed by atoms with Gasteiger partial charge < -0.3 is 10.4 Å². The van der Waals surface area contributed by atoms with Gasteiger partial charge in [-0.2, -0.15) is 0 Å². The topological polar surface area (TPSA) is 101 Å². The average molecular weight is 331 g/mol. The predicted octanol–water partition coefficient (Wildman–Crippen LogP) is 1.67. The molecule has 0 aliphatic carbocycles. The Morgan fingerprint density at radius 3 is 2.32 bits per heavy atom. The van der Waals surface area contributed by atoms with E-state index in [1.54, 1.807) is 13.8 Å². The van der Waals surface area contributed by atoms with Crippen molar-refractivity contribution in [3.05, 3.63) is 29.6 Å². The number of anilines is 1. The highest BCUT2D eigenvalue weighted by Gasteiger charge is 2.29. The summed E-state index contributed by atoms with van der Waals surface area (Å²) in [5, 5.41) is 11.3. The molecule has 0 fully saturated rings. The van der Waals surface area contributed by atoms with Crippen molar-refractivity contribution >= 4 is 27.4 Å². The molecule has 0 heterocycles. The van der Waals surface area contributed by atoms with E-state index in [1.165, 1.54) is 12.1 Å². The fraction of sp³-hybridized carbons (Fsp3) is 0.429. The third-order valence-corrected chi connectivity index (χ3v) is 3.79. The van der Waals surface area contributed by atoms with Crippen molar-refractivity contribution in [1.82, 2.24) is 0 Å². The van der Waals surface area contributed by atoms with Crippen molar-refractivity contribution in [1.29, 1.82) is 0 Å². The second-order valence-corrected chi connectivity index (χ2v) is 7.57. The molecule has 0 saturated carbocycles. The summed E-state index contributed by atoms with van der Waals surface area (Å²) in [5.74, 6) is -4.92. The first-order valence-corrected chi connectivity index (χ1v) is 8.57. The number of nitrogens with one attached hydrogen (secondary N) is 1. The monoisotopic (exact) mass is 331 g/mol. The largest absolute Gasteiger partial charge is 0.481 e.